The molecule has 2 aliphatic rings. The summed E-state index contributed by atoms with van der Waals surface area (Å²) in [7, 11) is 0. The van der Waals surface area contributed by atoms with E-state index in [-0.39, 0.29) is 0 Å². The maximum Gasteiger partial charge on any atom is 0.226 e. The third kappa shape index (κ3) is 2.79. The largest absolute Gasteiger partial charge is 0.339 e. The van der Waals surface area contributed by atoms with Crippen LogP contribution in [0.2, 0.25) is 0 Å². The van der Waals surface area contributed by atoms with Crippen molar-refractivity contribution in [3.8, 4) is 0 Å². The monoisotopic (exact) mass is 312 g/mol. The van der Waals surface area contributed by atoms with E-state index < -0.39 is 0 Å². The van der Waals surface area contributed by atoms with Crippen molar-refractivity contribution in [2.24, 2.45) is 5.73 Å². The average Bonchev–Trinajstić information content (AvgIpc) is 3.29. The van der Waals surface area contributed by atoms with E-state index in [1.807, 2.05) is 0 Å². The van der Waals surface area contributed by atoms with E-state index in [1.165, 1.54) is 24.9 Å². The summed E-state index contributed by atoms with van der Waals surface area (Å²) >= 11 is 0. The van der Waals surface area contributed by atoms with Crippen LogP contribution in [0.4, 0.5) is 0 Å². The minimum absolute atomic E-state index is 0.387. The summed E-state index contributed by atoms with van der Waals surface area (Å²) < 4.78 is 5.43. The maximum absolute atomic E-state index is 5.56. The van der Waals surface area contributed by atoms with Crippen LogP contribution in [0.3, 0.4) is 0 Å². The molecule has 23 heavy (non-hydrogen) atoms. The number of aryl methyl sites for hydroxylation is 1. The van der Waals surface area contributed by atoms with Gasteiger partial charge in [0.2, 0.25) is 5.89 Å². The second kappa shape index (κ2) is 6.42. The third-order valence-corrected chi connectivity index (χ3v) is 5.28. The lowest BCUT2D eigenvalue weighted by Gasteiger charge is -2.24. The topological polar surface area (TPSA) is 68.2 Å². The second-order valence-electron chi connectivity index (χ2n) is 6.65. The lowest BCUT2D eigenvalue weighted by atomic mass is 9.94. The molecule has 0 saturated carbocycles. The number of hydrogen-bond acceptors (Lipinski definition) is 5. The van der Waals surface area contributed by atoms with Gasteiger partial charge in [-0.3, -0.25) is 4.90 Å². The molecule has 0 amide bonds. The predicted octanol–water partition coefficient (Wildman–Crippen LogP) is 2.65. The van der Waals surface area contributed by atoms with E-state index in [0.717, 1.165) is 31.0 Å². The Morgan fingerprint density at radius 2 is 2.13 bits per heavy atom. The fraction of sp³-hybridized carbons (Fsp3) is 0.556. The Bertz CT molecular complexity index is 641. The summed E-state index contributed by atoms with van der Waals surface area (Å²) in [5.74, 6) is 2.02. The molecule has 3 atom stereocenters. The fourth-order valence-corrected chi connectivity index (χ4v) is 4.22. The first-order valence-electron chi connectivity index (χ1n) is 8.70. The first kappa shape index (κ1) is 14.8. The molecule has 5 heteroatoms. The lowest BCUT2D eigenvalue weighted by Crippen LogP contribution is -2.27. The van der Waals surface area contributed by atoms with Crippen molar-refractivity contribution >= 4 is 0 Å². The van der Waals surface area contributed by atoms with Gasteiger partial charge in [-0.2, -0.15) is 4.98 Å². The Balaban J connectivity index is 1.56. The van der Waals surface area contributed by atoms with E-state index in [0.29, 0.717) is 24.5 Å². The first-order valence-corrected chi connectivity index (χ1v) is 8.70. The Labute approximate surface area is 136 Å². The van der Waals surface area contributed by atoms with Crippen molar-refractivity contribution in [1.29, 1.82) is 0 Å². The SMILES string of the molecule is NCCCc1nc([C@@H]2C[C@H](c3ccccc3)N3CCC[C@@H]23)no1. The average molecular weight is 312 g/mol. The minimum atomic E-state index is 0.387. The van der Waals surface area contributed by atoms with Gasteiger partial charge in [0.15, 0.2) is 5.82 Å². The van der Waals surface area contributed by atoms with Crippen LogP contribution in [-0.4, -0.2) is 34.2 Å². The molecule has 0 aliphatic carbocycles. The van der Waals surface area contributed by atoms with E-state index in [9.17, 15) is 0 Å². The van der Waals surface area contributed by atoms with Gasteiger partial charge in [0, 0.05) is 24.4 Å². The van der Waals surface area contributed by atoms with Gasteiger partial charge >= 0.3 is 0 Å². The molecule has 2 N–H and O–H groups in total. The zero-order valence-corrected chi connectivity index (χ0v) is 13.4. The van der Waals surface area contributed by atoms with Gasteiger partial charge in [-0.25, -0.2) is 0 Å². The summed E-state index contributed by atoms with van der Waals surface area (Å²) in [6.07, 6.45) is 5.27. The summed E-state index contributed by atoms with van der Waals surface area (Å²) in [5.41, 5.74) is 6.97. The van der Waals surface area contributed by atoms with Gasteiger partial charge < -0.3 is 10.3 Å². The third-order valence-electron chi connectivity index (χ3n) is 5.28. The highest BCUT2D eigenvalue weighted by Gasteiger charge is 2.46. The van der Waals surface area contributed by atoms with Crippen LogP contribution in [0.1, 0.15) is 54.9 Å². The molecule has 0 bridgehead atoms. The molecular weight excluding hydrogens is 288 g/mol. The number of benzene rings is 1. The molecule has 0 unspecified atom stereocenters. The highest BCUT2D eigenvalue weighted by Crippen LogP contribution is 2.48. The Morgan fingerprint density at radius 3 is 2.96 bits per heavy atom. The molecule has 122 valence electrons. The molecule has 0 spiro atoms. The number of aromatic nitrogens is 2. The van der Waals surface area contributed by atoms with Crippen LogP contribution in [0.25, 0.3) is 0 Å². The lowest BCUT2D eigenvalue weighted by molar-refractivity contribution is 0.243. The van der Waals surface area contributed by atoms with E-state index in [1.54, 1.807) is 0 Å². The summed E-state index contributed by atoms with van der Waals surface area (Å²) in [5, 5.41) is 4.29. The zero-order chi connectivity index (χ0) is 15.6. The van der Waals surface area contributed by atoms with Gasteiger partial charge in [-0.15, -0.1) is 0 Å². The Kier molecular flexibility index (Phi) is 4.14. The van der Waals surface area contributed by atoms with Crippen molar-refractivity contribution in [1.82, 2.24) is 15.0 Å². The van der Waals surface area contributed by atoms with E-state index >= 15 is 0 Å². The van der Waals surface area contributed by atoms with Crippen molar-refractivity contribution in [3.63, 3.8) is 0 Å². The van der Waals surface area contributed by atoms with Crippen LogP contribution >= 0.6 is 0 Å². The highest BCUT2D eigenvalue weighted by molar-refractivity contribution is 5.24. The molecule has 1 aromatic carbocycles. The van der Waals surface area contributed by atoms with Crippen molar-refractivity contribution in [2.45, 2.75) is 50.1 Å². The van der Waals surface area contributed by atoms with Crippen LogP contribution < -0.4 is 5.73 Å². The Hall–Kier alpha value is -1.72. The fourth-order valence-electron chi connectivity index (χ4n) is 4.22. The van der Waals surface area contributed by atoms with Crippen LogP contribution in [0.15, 0.2) is 34.9 Å². The molecule has 4 rings (SSSR count). The van der Waals surface area contributed by atoms with Crippen molar-refractivity contribution in [2.75, 3.05) is 13.1 Å². The second-order valence-corrected chi connectivity index (χ2v) is 6.65. The molecule has 3 heterocycles. The minimum Gasteiger partial charge on any atom is -0.339 e. The number of hydrogen-bond donors (Lipinski definition) is 1. The number of nitrogens with zero attached hydrogens (tertiary/aromatic N) is 3. The maximum atomic E-state index is 5.56. The standard InChI is InChI=1S/C18H24N4O/c19-10-4-9-17-20-18(21-23-17)14-12-16(13-6-2-1-3-7-13)22-11-5-8-15(14)22/h1-3,6-7,14-16H,4-5,8-12,19H2/t14-,15+,16-/m1/s1. The molecular formula is C18H24N4O. The highest BCUT2D eigenvalue weighted by atomic mass is 16.5. The van der Waals surface area contributed by atoms with Crippen LogP contribution in [-0.2, 0) is 6.42 Å². The first-order chi connectivity index (χ1) is 11.4. The predicted molar refractivity (Wildman–Crippen MR) is 87.9 cm³/mol. The quantitative estimate of drug-likeness (QED) is 0.919. The molecule has 2 aromatic rings. The van der Waals surface area contributed by atoms with Gasteiger partial charge in [0.05, 0.1) is 0 Å². The van der Waals surface area contributed by atoms with E-state index in [4.69, 9.17) is 10.3 Å². The van der Waals surface area contributed by atoms with Crippen molar-refractivity contribution < 1.29 is 4.52 Å². The van der Waals surface area contributed by atoms with Crippen LogP contribution in [0, 0.1) is 0 Å². The van der Waals surface area contributed by atoms with Gasteiger partial charge in [0.25, 0.3) is 0 Å². The van der Waals surface area contributed by atoms with E-state index in [2.05, 4.69) is 45.4 Å². The number of rotatable bonds is 5. The zero-order valence-electron chi connectivity index (χ0n) is 13.4. The normalized spacial score (nSPS) is 27.4. The smallest absolute Gasteiger partial charge is 0.226 e. The van der Waals surface area contributed by atoms with Crippen LogP contribution in [0.5, 0.6) is 0 Å². The molecule has 1 aromatic heterocycles. The van der Waals surface area contributed by atoms with Gasteiger partial charge in [0.1, 0.15) is 0 Å². The molecule has 2 aliphatic heterocycles. The molecule has 5 nitrogen and oxygen atoms in total. The molecule has 0 radical (unpaired) electrons. The number of nitrogens with two attached hydrogens (primary N) is 1. The summed E-state index contributed by atoms with van der Waals surface area (Å²) in [4.78, 5) is 7.31. The van der Waals surface area contributed by atoms with Gasteiger partial charge in [-0.1, -0.05) is 35.5 Å². The Morgan fingerprint density at radius 1 is 1.26 bits per heavy atom. The van der Waals surface area contributed by atoms with Crippen molar-refractivity contribution in [3.05, 3.63) is 47.6 Å². The summed E-state index contributed by atoms with van der Waals surface area (Å²) in [6.45, 7) is 1.84. The molecule has 2 saturated heterocycles. The number of fused-ring (bicyclic) bond motifs is 1. The van der Waals surface area contributed by atoms with Gasteiger partial charge in [-0.05, 0) is 44.3 Å². The summed E-state index contributed by atoms with van der Waals surface area (Å²) in [6, 6.07) is 11.9. The molecule has 2 fully saturated rings.